The Morgan fingerprint density at radius 3 is 1.62 bits per heavy atom. The van der Waals surface area contributed by atoms with Gasteiger partial charge in [-0.3, -0.25) is 4.55 Å². The Hall–Kier alpha value is -0.620. The minimum Gasteiger partial charge on any atom is -0.264 e. The quantitative estimate of drug-likeness (QED) is 0.628. The molecule has 0 aliphatic carbocycles. The van der Waals surface area contributed by atoms with Crippen molar-refractivity contribution in [2.75, 3.05) is 6.61 Å². The van der Waals surface area contributed by atoms with Crippen LogP contribution in [-0.4, -0.2) is 37.6 Å². The van der Waals surface area contributed by atoms with Crippen LogP contribution >= 0.6 is 0 Å². The molecule has 0 spiro atoms. The lowest BCUT2D eigenvalue weighted by Gasteiger charge is -2.27. The molecule has 0 fully saturated rings. The Kier molecular flexibility index (Phi) is 3.84. The van der Waals surface area contributed by atoms with Gasteiger partial charge >= 0.3 is 28.4 Å². The molecular weight excluding hydrogens is 277 g/mol. The zero-order valence-electron chi connectivity index (χ0n) is 6.93. The summed E-state index contributed by atoms with van der Waals surface area (Å²) in [5, 5.41) is 0. The molecule has 16 heavy (non-hydrogen) atoms. The van der Waals surface area contributed by atoms with Gasteiger partial charge in [-0.25, -0.2) is 4.18 Å². The molecule has 0 heterocycles. The van der Waals surface area contributed by atoms with E-state index in [9.17, 15) is 39.2 Å². The van der Waals surface area contributed by atoms with Crippen LogP contribution < -0.4 is 0 Å². The number of rotatable bonds is 4. The number of alkyl halides is 7. The van der Waals surface area contributed by atoms with Gasteiger partial charge in [-0.05, 0) is 0 Å². The molecule has 1 N–H and O–H groups in total. The molecule has 98 valence electrons. The van der Waals surface area contributed by atoms with E-state index < -0.39 is 35.0 Å². The van der Waals surface area contributed by atoms with Crippen molar-refractivity contribution >= 4 is 10.4 Å². The third-order valence-electron chi connectivity index (χ3n) is 1.20. The first kappa shape index (κ1) is 15.4. The smallest absolute Gasteiger partial charge is 0.264 e. The van der Waals surface area contributed by atoms with Gasteiger partial charge in [0.1, 0.15) is 6.61 Å². The van der Waals surface area contributed by atoms with Crippen molar-refractivity contribution in [3.05, 3.63) is 0 Å². The van der Waals surface area contributed by atoms with Gasteiger partial charge in [-0.15, -0.1) is 0 Å². The summed E-state index contributed by atoms with van der Waals surface area (Å²) in [6.07, 6.45) is -6.58. The standard InChI is InChI=1S/C4H3F7O4S/c5-2(6,1-15-16(12,13)14)3(7,8)4(9,10)11/h1H2,(H,12,13,14). The minimum absolute atomic E-state index is 2.77. The van der Waals surface area contributed by atoms with E-state index in [2.05, 4.69) is 4.18 Å². The largest absolute Gasteiger partial charge is 0.459 e. The zero-order valence-corrected chi connectivity index (χ0v) is 7.75. The lowest BCUT2D eigenvalue weighted by atomic mass is 10.2. The maximum absolute atomic E-state index is 12.3. The van der Waals surface area contributed by atoms with Gasteiger partial charge in [0.05, 0.1) is 0 Å². The maximum Gasteiger partial charge on any atom is 0.459 e. The van der Waals surface area contributed by atoms with Crippen LogP contribution in [0.2, 0.25) is 0 Å². The fourth-order valence-corrected chi connectivity index (χ4v) is 0.743. The molecule has 0 aromatic carbocycles. The number of halogens is 7. The SMILES string of the molecule is O=S(=O)(O)OCC(F)(F)C(F)(F)C(F)(F)F. The zero-order chi connectivity index (χ0) is 13.4. The summed E-state index contributed by atoms with van der Waals surface area (Å²) in [5.41, 5.74) is 0. The van der Waals surface area contributed by atoms with Crippen molar-refractivity contribution < 1.29 is 47.9 Å². The molecule has 0 aromatic heterocycles. The Morgan fingerprint density at radius 1 is 1.00 bits per heavy atom. The summed E-state index contributed by atoms with van der Waals surface area (Å²) < 4.78 is 113. The summed E-state index contributed by atoms with van der Waals surface area (Å²) in [6, 6.07) is 0. The van der Waals surface area contributed by atoms with E-state index >= 15 is 0 Å². The maximum atomic E-state index is 12.3. The summed E-state index contributed by atoms with van der Waals surface area (Å²) in [7, 11) is -5.54. The highest BCUT2D eigenvalue weighted by molar-refractivity contribution is 7.80. The normalized spacial score (nSPS) is 15.2. The molecule has 0 radical (unpaired) electrons. The van der Waals surface area contributed by atoms with Crippen LogP contribution in [0.15, 0.2) is 0 Å². The molecule has 0 unspecified atom stereocenters. The lowest BCUT2D eigenvalue weighted by Crippen LogP contribution is -2.54. The van der Waals surface area contributed by atoms with Crippen molar-refractivity contribution in [2.24, 2.45) is 0 Å². The molecule has 0 aliphatic rings. The Morgan fingerprint density at radius 2 is 1.38 bits per heavy atom. The molecule has 0 rings (SSSR count). The van der Waals surface area contributed by atoms with E-state index in [1.54, 1.807) is 0 Å². The highest BCUT2D eigenvalue weighted by Crippen LogP contribution is 2.46. The van der Waals surface area contributed by atoms with Gasteiger partial charge in [0.2, 0.25) is 0 Å². The predicted octanol–water partition coefficient (Wildman–Crippen LogP) is 1.64. The molecule has 12 heteroatoms. The first-order valence-corrected chi connectivity index (χ1v) is 4.51. The van der Waals surface area contributed by atoms with E-state index in [0.717, 1.165) is 0 Å². The third kappa shape index (κ3) is 3.45. The van der Waals surface area contributed by atoms with Crippen LogP contribution in [-0.2, 0) is 14.6 Å². The Balaban J connectivity index is 4.93. The molecule has 0 atom stereocenters. The van der Waals surface area contributed by atoms with Crippen molar-refractivity contribution in [1.82, 2.24) is 0 Å². The molecule has 4 nitrogen and oxygen atoms in total. The van der Waals surface area contributed by atoms with E-state index in [1.807, 2.05) is 0 Å². The molecule has 0 saturated heterocycles. The summed E-state index contributed by atoms with van der Waals surface area (Å²) in [4.78, 5) is 0. The molecule has 0 bridgehead atoms. The van der Waals surface area contributed by atoms with Gasteiger partial charge in [-0.1, -0.05) is 0 Å². The second kappa shape index (κ2) is 4.00. The van der Waals surface area contributed by atoms with Gasteiger partial charge in [0, 0.05) is 0 Å². The monoisotopic (exact) mass is 280 g/mol. The third-order valence-corrected chi connectivity index (χ3v) is 1.62. The predicted molar refractivity (Wildman–Crippen MR) is 33.4 cm³/mol. The fourth-order valence-electron chi connectivity index (χ4n) is 0.446. The minimum atomic E-state index is -6.58. The van der Waals surface area contributed by atoms with Crippen LogP contribution in [0.5, 0.6) is 0 Å². The van der Waals surface area contributed by atoms with Crippen molar-refractivity contribution in [2.45, 2.75) is 18.0 Å². The number of hydrogen-bond acceptors (Lipinski definition) is 3. The van der Waals surface area contributed by atoms with E-state index in [4.69, 9.17) is 4.55 Å². The Bertz CT molecular complexity index is 344. The van der Waals surface area contributed by atoms with E-state index in [0.29, 0.717) is 0 Å². The Labute approximate surface area is 83.9 Å². The first-order chi connectivity index (χ1) is 6.71. The summed E-state index contributed by atoms with van der Waals surface area (Å²) in [5.74, 6) is -12.3. The molecule has 0 aromatic rings. The van der Waals surface area contributed by atoms with Crippen LogP contribution in [0.25, 0.3) is 0 Å². The molecular formula is C4H3F7O4S. The van der Waals surface area contributed by atoms with Crippen LogP contribution in [0.3, 0.4) is 0 Å². The highest BCUT2D eigenvalue weighted by atomic mass is 32.3. The summed E-state index contributed by atoms with van der Waals surface area (Å²) >= 11 is 0. The summed E-state index contributed by atoms with van der Waals surface area (Å²) in [6.45, 7) is -2.83. The number of hydrogen-bond donors (Lipinski definition) is 1. The van der Waals surface area contributed by atoms with Crippen molar-refractivity contribution in [1.29, 1.82) is 0 Å². The van der Waals surface area contributed by atoms with Gasteiger partial charge < -0.3 is 0 Å². The molecule has 0 aliphatic heterocycles. The van der Waals surface area contributed by atoms with Gasteiger partial charge in [0.25, 0.3) is 0 Å². The van der Waals surface area contributed by atoms with Crippen molar-refractivity contribution in [3.8, 4) is 0 Å². The van der Waals surface area contributed by atoms with Gasteiger partial charge in [0.15, 0.2) is 0 Å². The topological polar surface area (TPSA) is 63.6 Å². The van der Waals surface area contributed by atoms with E-state index in [1.165, 1.54) is 0 Å². The second-order valence-electron chi connectivity index (χ2n) is 2.47. The van der Waals surface area contributed by atoms with Gasteiger partial charge in [-0.2, -0.15) is 39.2 Å². The molecule has 0 amide bonds. The van der Waals surface area contributed by atoms with Crippen LogP contribution in [0.4, 0.5) is 30.7 Å². The van der Waals surface area contributed by atoms with Crippen LogP contribution in [0.1, 0.15) is 0 Å². The van der Waals surface area contributed by atoms with Crippen LogP contribution in [0, 0.1) is 0 Å². The fraction of sp³-hybridized carbons (Fsp3) is 1.00. The average Bonchev–Trinajstić information content (AvgIpc) is 1.97. The van der Waals surface area contributed by atoms with Crippen molar-refractivity contribution in [3.63, 3.8) is 0 Å². The highest BCUT2D eigenvalue weighted by Gasteiger charge is 2.73. The average molecular weight is 280 g/mol. The lowest BCUT2D eigenvalue weighted by molar-refractivity contribution is -0.358. The van der Waals surface area contributed by atoms with E-state index in [-0.39, 0.29) is 0 Å². The molecule has 0 saturated carbocycles. The first-order valence-electron chi connectivity index (χ1n) is 3.15. The second-order valence-corrected chi connectivity index (χ2v) is 3.56.